The summed E-state index contributed by atoms with van der Waals surface area (Å²) in [6.07, 6.45) is 6.77. The van der Waals surface area contributed by atoms with E-state index in [-0.39, 0.29) is 18.0 Å². The number of hydrogen-bond donors (Lipinski definition) is 3. The molecule has 4 unspecified atom stereocenters. The normalized spacial score (nSPS) is 20.1. The smallest absolute Gasteiger partial charge is 0.237 e. The molecule has 0 aliphatic carbocycles. The summed E-state index contributed by atoms with van der Waals surface area (Å²) in [7, 11) is 3.93. The molecule has 7 nitrogen and oxygen atoms in total. The van der Waals surface area contributed by atoms with Gasteiger partial charge in [0.25, 0.3) is 0 Å². The fourth-order valence-corrected chi connectivity index (χ4v) is 5.11. The van der Waals surface area contributed by atoms with Gasteiger partial charge >= 0.3 is 0 Å². The van der Waals surface area contributed by atoms with Gasteiger partial charge in [-0.15, -0.1) is 0 Å². The number of likely N-dealkylation sites (N-methyl/N-ethyl adjacent to an activating group) is 1. The number of unbranched alkanes of at least 4 members (excludes halogenated alkanes) is 1. The zero-order valence-corrected chi connectivity index (χ0v) is 21.0. The first-order chi connectivity index (χ1) is 17.0. The summed E-state index contributed by atoms with van der Waals surface area (Å²) in [5.41, 5.74) is 4.44. The SMILES string of the molecule is CNC(C)C(=O)NC(C=O)CCCCC1CCC(c2nc3c(-c4ccccc4)cccc3[nH]2)N1C. The second-order valence-electron chi connectivity index (χ2n) is 9.65. The Labute approximate surface area is 207 Å². The minimum absolute atomic E-state index is 0.135. The molecule has 0 radical (unpaired) electrons. The molecule has 3 aromatic rings. The lowest BCUT2D eigenvalue weighted by molar-refractivity contribution is -0.125. The van der Waals surface area contributed by atoms with Crippen LogP contribution in [0.5, 0.6) is 0 Å². The number of aromatic nitrogens is 2. The third-order valence-corrected chi connectivity index (χ3v) is 7.39. The lowest BCUT2D eigenvalue weighted by atomic mass is 10.0. The summed E-state index contributed by atoms with van der Waals surface area (Å²) in [4.78, 5) is 34.5. The molecule has 3 N–H and O–H groups in total. The van der Waals surface area contributed by atoms with Crippen LogP contribution in [0.2, 0.25) is 0 Å². The molecule has 2 heterocycles. The summed E-state index contributed by atoms with van der Waals surface area (Å²) in [5.74, 6) is 0.903. The Bertz CT molecular complexity index is 1130. The predicted molar refractivity (Wildman–Crippen MR) is 140 cm³/mol. The molecule has 0 bridgehead atoms. The van der Waals surface area contributed by atoms with Crippen molar-refractivity contribution in [2.75, 3.05) is 14.1 Å². The van der Waals surface area contributed by atoms with Crippen LogP contribution in [0.15, 0.2) is 48.5 Å². The van der Waals surface area contributed by atoms with Crippen LogP contribution in [0.1, 0.15) is 57.3 Å². The van der Waals surface area contributed by atoms with Crippen LogP contribution < -0.4 is 10.6 Å². The number of likely N-dealkylation sites (tertiary alicyclic amines) is 1. The van der Waals surface area contributed by atoms with Gasteiger partial charge in [-0.1, -0.05) is 55.3 Å². The van der Waals surface area contributed by atoms with Gasteiger partial charge in [0.1, 0.15) is 12.1 Å². The highest BCUT2D eigenvalue weighted by Crippen LogP contribution is 2.37. The second kappa shape index (κ2) is 11.6. The third kappa shape index (κ3) is 5.80. The van der Waals surface area contributed by atoms with Crippen molar-refractivity contribution in [3.8, 4) is 11.1 Å². The molecule has 0 saturated carbocycles. The summed E-state index contributed by atoms with van der Waals surface area (Å²) in [5, 5.41) is 5.72. The Hall–Kier alpha value is -3.03. The lowest BCUT2D eigenvalue weighted by Gasteiger charge is -2.24. The van der Waals surface area contributed by atoms with E-state index in [0.29, 0.717) is 12.5 Å². The van der Waals surface area contributed by atoms with Gasteiger partial charge < -0.3 is 20.4 Å². The molecule has 0 spiro atoms. The molecule has 1 aliphatic rings. The fraction of sp³-hybridized carbons (Fsp3) is 0.464. The summed E-state index contributed by atoms with van der Waals surface area (Å²) in [6, 6.07) is 16.8. The highest BCUT2D eigenvalue weighted by atomic mass is 16.2. The van der Waals surface area contributed by atoms with Gasteiger partial charge in [0.05, 0.1) is 29.2 Å². The Balaban J connectivity index is 1.33. The molecule has 1 amide bonds. The van der Waals surface area contributed by atoms with Crippen LogP contribution in [0, 0.1) is 0 Å². The van der Waals surface area contributed by atoms with Gasteiger partial charge in [-0.25, -0.2) is 4.98 Å². The zero-order valence-electron chi connectivity index (χ0n) is 21.0. The maximum atomic E-state index is 12.0. The lowest BCUT2D eigenvalue weighted by Crippen LogP contribution is -2.45. The maximum absolute atomic E-state index is 12.0. The number of imidazole rings is 1. The van der Waals surface area contributed by atoms with Gasteiger partial charge in [-0.05, 0) is 58.3 Å². The van der Waals surface area contributed by atoms with Crippen molar-refractivity contribution in [1.82, 2.24) is 25.5 Å². The van der Waals surface area contributed by atoms with Crippen molar-refractivity contribution in [3.05, 3.63) is 54.4 Å². The highest BCUT2D eigenvalue weighted by Gasteiger charge is 2.33. The molecule has 7 heteroatoms. The standard InChI is InChI=1S/C28H37N5O2/c1-19(29-2)28(35)30-21(18-34)12-7-8-13-22-16-17-25(33(22)3)27-31-24-15-9-14-23(26(24)32-27)20-10-5-4-6-11-20/h4-6,9-11,14-15,18-19,21-22,25,29H,7-8,12-13,16-17H2,1-3H3,(H,30,35)(H,31,32). The number of nitrogens with zero attached hydrogens (tertiary/aromatic N) is 2. The summed E-state index contributed by atoms with van der Waals surface area (Å²) < 4.78 is 0. The van der Waals surface area contributed by atoms with E-state index >= 15 is 0 Å². The van der Waals surface area contributed by atoms with Crippen LogP contribution >= 0.6 is 0 Å². The number of hydrogen-bond acceptors (Lipinski definition) is 5. The van der Waals surface area contributed by atoms with E-state index in [9.17, 15) is 9.59 Å². The van der Waals surface area contributed by atoms with Gasteiger partial charge in [-0.3, -0.25) is 9.69 Å². The number of fused-ring (bicyclic) bond motifs is 1. The molecule has 1 fully saturated rings. The van der Waals surface area contributed by atoms with E-state index < -0.39 is 6.04 Å². The Morgan fingerprint density at radius 3 is 2.71 bits per heavy atom. The molecule has 35 heavy (non-hydrogen) atoms. The number of rotatable bonds is 11. The van der Waals surface area contributed by atoms with Crippen molar-refractivity contribution in [2.24, 2.45) is 0 Å². The highest BCUT2D eigenvalue weighted by molar-refractivity contribution is 5.92. The van der Waals surface area contributed by atoms with E-state index in [4.69, 9.17) is 4.98 Å². The van der Waals surface area contributed by atoms with Gasteiger partial charge in [0.15, 0.2) is 0 Å². The van der Waals surface area contributed by atoms with E-state index in [0.717, 1.165) is 60.8 Å². The fourth-order valence-electron chi connectivity index (χ4n) is 5.11. The number of para-hydroxylation sites is 1. The van der Waals surface area contributed by atoms with Crippen LogP contribution in [0.3, 0.4) is 0 Å². The molecule has 186 valence electrons. The first-order valence-electron chi connectivity index (χ1n) is 12.7. The molecule has 1 aliphatic heterocycles. The van der Waals surface area contributed by atoms with Crippen LogP contribution in [0.4, 0.5) is 0 Å². The summed E-state index contributed by atoms with van der Waals surface area (Å²) in [6.45, 7) is 1.79. The third-order valence-electron chi connectivity index (χ3n) is 7.39. The molecule has 2 aromatic carbocycles. The van der Waals surface area contributed by atoms with E-state index in [2.05, 4.69) is 70.0 Å². The van der Waals surface area contributed by atoms with E-state index in [1.165, 1.54) is 5.56 Å². The van der Waals surface area contributed by atoms with E-state index in [1.807, 2.05) is 6.07 Å². The van der Waals surface area contributed by atoms with Crippen LogP contribution in [0.25, 0.3) is 22.2 Å². The number of aldehydes is 1. The van der Waals surface area contributed by atoms with Crippen molar-refractivity contribution < 1.29 is 9.59 Å². The van der Waals surface area contributed by atoms with E-state index in [1.54, 1.807) is 14.0 Å². The van der Waals surface area contributed by atoms with Crippen molar-refractivity contribution in [3.63, 3.8) is 0 Å². The van der Waals surface area contributed by atoms with Crippen LogP contribution in [-0.4, -0.2) is 59.3 Å². The average Bonchev–Trinajstić information content (AvgIpc) is 3.48. The molecule has 4 atom stereocenters. The number of benzene rings is 2. The quantitative estimate of drug-likeness (QED) is 0.285. The Morgan fingerprint density at radius 2 is 1.97 bits per heavy atom. The van der Waals surface area contributed by atoms with Gasteiger partial charge in [0, 0.05) is 11.6 Å². The average molecular weight is 476 g/mol. The molecular weight excluding hydrogens is 438 g/mol. The molecular formula is C28H37N5O2. The predicted octanol–water partition coefficient (Wildman–Crippen LogP) is 4.22. The summed E-state index contributed by atoms with van der Waals surface area (Å²) >= 11 is 0. The van der Waals surface area contributed by atoms with Crippen molar-refractivity contribution in [2.45, 2.75) is 69.6 Å². The number of H-pyrrole nitrogens is 1. The topological polar surface area (TPSA) is 90.1 Å². The molecule has 1 saturated heterocycles. The number of aromatic amines is 1. The number of carbonyl (C=O) groups excluding carboxylic acids is 2. The van der Waals surface area contributed by atoms with Crippen LogP contribution in [-0.2, 0) is 9.59 Å². The minimum Gasteiger partial charge on any atom is -0.345 e. The largest absolute Gasteiger partial charge is 0.345 e. The Kier molecular flexibility index (Phi) is 8.31. The minimum atomic E-state index is -0.415. The molecule has 1 aromatic heterocycles. The van der Waals surface area contributed by atoms with Gasteiger partial charge in [-0.2, -0.15) is 0 Å². The monoisotopic (exact) mass is 475 g/mol. The Morgan fingerprint density at radius 1 is 1.17 bits per heavy atom. The second-order valence-corrected chi connectivity index (χ2v) is 9.65. The zero-order chi connectivity index (χ0) is 24.8. The maximum Gasteiger partial charge on any atom is 0.237 e. The number of nitrogens with one attached hydrogen (secondary N) is 3. The number of amides is 1. The van der Waals surface area contributed by atoms with Crippen molar-refractivity contribution in [1.29, 1.82) is 0 Å². The molecule has 4 rings (SSSR count). The first-order valence-corrected chi connectivity index (χ1v) is 12.7. The van der Waals surface area contributed by atoms with Crippen molar-refractivity contribution >= 4 is 23.2 Å². The number of carbonyl (C=O) groups is 2. The first kappa shape index (κ1) is 25.1. The van der Waals surface area contributed by atoms with Gasteiger partial charge in [0.2, 0.25) is 5.91 Å².